The van der Waals surface area contributed by atoms with Crippen molar-refractivity contribution in [2.24, 2.45) is 0 Å². The number of rotatable bonds is 4. The first-order chi connectivity index (χ1) is 15.5. The minimum Gasteiger partial charge on any atom is -0.507 e. The largest absolute Gasteiger partial charge is 0.507 e. The van der Waals surface area contributed by atoms with Crippen LogP contribution in [0.4, 0.5) is 0 Å². The van der Waals surface area contributed by atoms with Crippen molar-refractivity contribution in [3.8, 4) is 17.0 Å². The van der Waals surface area contributed by atoms with Gasteiger partial charge in [-0.3, -0.25) is 14.2 Å². The van der Waals surface area contributed by atoms with E-state index in [1.807, 2.05) is 6.07 Å². The molecule has 1 unspecified atom stereocenters. The molecule has 0 aliphatic carbocycles. The highest BCUT2D eigenvalue weighted by molar-refractivity contribution is 5.91. The van der Waals surface area contributed by atoms with Gasteiger partial charge in [-0.25, -0.2) is 0 Å². The van der Waals surface area contributed by atoms with Crippen LogP contribution < -0.4 is 16.2 Å². The average Bonchev–Trinajstić information content (AvgIpc) is 3.14. The number of fused-ring (bicyclic) bond motifs is 3. The van der Waals surface area contributed by atoms with Crippen molar-refractivity contribution in [3.63, 3.8) is 0 Å². The number of likely N-dealkylation sites (N-methyl/N-ethyl adjacent to an activating group) is 1. The summed E-state index contributed by atoms with van der Waals surface area (Å²) in [4.78, 5) is 24.1. The number of carbonyl (C=O) groups is 1. The maximum atomic E-state index is 12.7. The van der Waals surface area contributed by atoms with Gasteiger partial charge in [0.15, 0.2) is 5.65 Å². The van der Waals surface area contributed by atoms with Crippen LogP contribution in [0.25, 0.3) is 28.4 Å². The van der Waals surface area contributed by atoms with Crippen LogP contribution in [-0.4, -0.2) is 44.9 Å². The summed E-state index contributed by atoms with van der Waals surface area (Å²) in [6, 6.07) is 11.4. The first-order valence-corrected chi connectivity index (χ1v) is 10.9. The second-order valence-corrected chi connectivity index (χ2v) is 8.54. The summed E-state index contributed by atoms with van der Waals surface area (Å²) >= 11 is 0. The van der Waals surface area contributed by atoms with E-state index in [1.165, 1.54) is 6.08 Å². The Bertz CT molecular complexity index is 1270. The third kappa shape index (κ3) is 3.78. The zero-order chi connectivity index (χ0) is 22.2. The molecule has 3 aromatic rings. The number of benzene rings is 1. The lowest BCUT2D eigenvalue weighted by atomic mass is 9.99. The van der Waals surface area contributed by atoms with E-state index in [0.717, 1.165) is 31.1 Å². The van der Waals surface area contributed by atoms with Gasteiger partial charge >= 0.3 is 0 Å². The van der Waals surface area contributed by atoms with E-state index in [-0.39, 0.29) is 23.3 Å². The maximum Gasteiger partial charge on any atom is 0.252 e. The van der Waals surface area contributed by atoms with E-state index in [1.54, 1.807) is 48.0 Å². The minimum absolute atomic E-state index is 0.0426. The molecule has 0 radical (unpaired) electrons. The van der Waals surface area contributed by atoms with E-state index in [0.29, 0.717) is 34.6 Å². The first kappa shape index (κ1) is 20.4. The molecule has 4 heterocycles. The Balaban J connectivity index is 1.49. The molecule has 2 fully saturated rings. The predicted octanol–water partition coefficient (Wildman–Crippen LogP) is 2.38. The Hall–Kier alpha value is -3.52. The van der Waals surface area contributed by atoms with Gasteiger partial charge in [-0.1, -0.05) is 6.07 Å². The van der Waals surface area contributed by atoms with Crippen molar-refractivity contribution in [2.45, 2.75) is 43.8 Å². The number of phenols is 1. The Morgan fingerprint density at radius 3 is 2.66 bits per heavy atom. The molecule has 2 aromatic heterocycles. The normalized spacial score (nSPS) is 22.5. The molecule has 1 amide bonds. The summed E-state index contributed by atoms with van der Waals surface area (Å²) in [6.07, 6.45) is 7.18. The standard InChI is InChI=1S/C24H25N5O3/c1-25-22(31)8-3-14-2-7-19(21(30)10-14)20-11-15-4-9-23(32)29(24(15)28-27-20)18-12-16-5-6-17(13-18)26-16/h2-4,7-11,16-18,26,30H,5-6,12-13H2,1H3,(H,25,31)/b8-3+/t16-,17+,18?. The fourth-order valence-corrected chi connectivity index (χ4v) is 4.90. The van der Waals surface area contributed by atoms with Crippen molar-refractivity contribution < 1.29 is 9.90 Å². The van der Waals surface area contributed by atoms with Gasteiger partial charge in [0.2, 0.25) is 5.91 Å². The highest BCUT2D eigenvalue weighted by Crippen LogP contribution is 2.35. The van der Waals surface area contributed by atoms with Crippen molar-refractivity contribution in [1.82, 2.24) is 25.4 Å². The zero-order valence-corrected chi connectivity index (χ0v) is 17.8. The molecule has 2 aliphatic heterocycles. The average molecular weight is 431 g/mol. The van der Waals surface area contributed by atoms with Crippen LogP contribution in [0.3, 0.4) is 0 Å². The molecular weight excluding hydrogens is 406 g/mol. The summed E-state index contributed by atoms with van der Waals surface area (Å²) in [5.41, 5.74) is 2.28. The molecule has 8 nitrogen and oxygen atoms in total. The number of phenolic OH excluding ortho intramolecular Hbond substituents is 1. The number of hydrogen-bond acceptors (Lipinski definition) is 6. The molecule has 3 N–H and O–H groups in total. The van der Waals surface area contributed by atoms with E-state index >= 15 is 0 Å². The SMILES string of the molecule is CNC(=O)/C=C/c1ccc(-c2cc3ccc(=O)n(C4C[C@H]5CC[C@@H](C4)N5)c3nn2)c(O)c1. The van der Waals surface area contributed by atoms with Crippen molar-refractivity contribution in [2.75, 3.05) is 7.05 Å². The third-order valence-electron chi connectivity index (χ3n) is 6.46. The van der Waals surface area contributed by atoms with E-state index in [9.17, 15) is 14.7 Å². The summed E-state index contributed by atoms with van der Waals surface area (Å²) in [6.45, 7) is 0. The van der Waals surface area contributed by atoms with Crippen molar-refractivity contribution in [3.05, 3.63) is 58.4 Å². The van der Waals surface area contributed by atoms with Gasteiger partial charge in [0, 0.05) is 48.3 Å². The molecule has 0 spiro atoms. The smallest absolute Gasteiger partial charge is 0.252 e. The van der Waals surface area contributed by atoms with Crippen LogP contribution in [-0.2, 0) is 4.79 Å². The summed E-state index contributed by atoms with van der Waals surface area (Å²) in [5.74, 6) is -0.178. The van der Waals surface area contributed by atoms with Gasteiger partial charge in [0.1, 0.15) is 5.75 Å². The number of carbonyl (C=O) groups excluding carboxylic acids is 1. The van der Waals surface area contributed by atoms with Gasteiger partial charge in [-0.15, -0.1) is 10.2 Å². The topological polar surface area (TPSA) is 109 Å². The fourth-order valence-electron chi connectivity index (χ4n) is 4.90. The molecule has 32 heavy (non-hydrogen) atoms. The number of hydrogen-bond donors (Lipinski definition) is 3. The number of nitrogens with zero attached hydrogens (tertiary/aromatic N) is 3. The van der Waals surface area contributed by atoms with E-state index in [4.69, 9.17) is 0 Å². The number of aromatic hydroxyl groups is 1. The van der Waals surface area contributed by atoms with E-state index in [2.05, 4.69) is 20.8 Å². The van der Waals surface area contributed by atoms with Crippen molar-refractivity contribution in [1.29, 1.82) is 0 Å². The van der Waals surface area contributed by atoms with E-state index < -0.39 is 0 Å². The Morgan fingerprint density at radius 2 is 1.94 bits per heavy atom. The molecule has 0 saturated carbocycles. The molecule has 2 saturated heterocycles. The van der Waals surface area contributed by atoms with Gasteiger partial charge in [-0.05, 0) is 61.6 Å². The summed E-state index contributed by atoms with van der Waals surface area (Å²) in [5, 5.41) is 26.2. The Morgan fingerprint density at radius 1 is 1.16 bits per heavy atom. The highest BCUT2D eigenvalue weighted by atomic mass is 16.3. The number of pyridine rings is 1. The molecule has 8 heteroatoms. The fraction of sp³-hybridized carbons (Fsp3) is 0.333. The molecule has 3 atom stereocenters. The predicted molar refractivity (Wildman–Crippen MR) is 122 cm³/mol. The van der Waals surface area contributed by atoms with Crippen LogP contribution in [0.5, 0.6) is 5.75 Å². The van der Waals surface area contributed by atoms with Crippen LogP contribution in [0.2, 0.25) is 0 Å². The second-order valence-electron chi connectivity index (χ2n) is 8.54. The molecule has 2 bridgehead atoms. The molecule has 5 rings (SSSR count). The number of aromatic nitrogens is 3. The molecule has 1 aromatic carbocycles. The second kappa shape index (κ2) is 8.20. The van der Waals surface area contributed by atoms with Gasteiger partial charge in [0.05, 0.1) is 5.69 Å². The lowest BCUT2D eigenvalue weighted by Crippen LogP contribution is -2.41. The Labute approximate surface area is 185 Å². The lowest BCUT2D eigenvalue weighted by molar-refractivity contribution is -0.115. The van der Waals surface area contributed by atoms with Gasteiger partial charge in [-0.2, -0.15) is 0 Å². The number of nitrogens with one attached hydrogen (secondary N) is 2. The molecular formula is C24H25N5O3. The highest BCUT2D eigenvalue weighted by Gasteiger charge is 2.35. The molecule has 164 valence electrons. The molecule has 2 aliphatic rings. The number of amides is 1. The summed E-state index contributed by atoms with van der Waals surface area (Å²) < 4.78 is 1.80. The first-order valence-electron chi connectivity index (χ1n) is 10.9. The Kier molecular flexibility index (Phi) is 5.22. The quantitative estimate of drug-likeness (QED) is 0.547. The van der Waals surface area contributed by atoms with Crippen molar-refractivity contribution >= 4 is 23.0 Å². The zero-order valence-electron chi connectivity index (χ0n) is 17.8. The minimum atomic E-state index is -0.221. The van der Waals surface area contributed by atoms with Crippen LogP contribution in [0, 0.1) is 0 Å². The van der Waals surface area contributed by atoms with Crippen LogP contribution in [0.15, 0.2) is 47.3 Å². The maximum absolute atomic E-state index is 12.7. The van der Waals surface area contributed by atoms with Gasteiger partial charge < -0.3 is 15.7 Å². The van der Waals surface area contributed by atoms with Crippen LogP contribution in [0.1, 0.15) is 37.3 Å². The van der Waals surface area contributed by atoms with Gasteiger partial charge in [0.25, 0.3) is 5.56 Å². The monoisotopic (exact) mass is 431 g/mol. The third-order valence-corrected chi connectivity index (χ3v) is 6.46. The van der Waals surface area contributed by atoms with Crippen LogP contribution >= 0.6 is 0 Å². The number of piperidine rings is 1. The summed E-state index contributed by atoms with van der Waals surface area (Å²) in [7, 11) is 1.56. The lowest BCUT2D eigenvalue weighted by Gasteiger charge is -2.30.